The Bertz CT molecular complexity index is 1230. The third-order valence-corrected chi connectivity index (χ3v) is 5.68. The van der Waals surface area contributed by atoms with Gasteiger partial charge in [-0.05, 0) is 46.5 Å². The summed E-state index contributed by atoms with van der Waals surface area (Å²) in [7, 11) is 0. The molecule has 4 rings (SSSR count). The summed E-state index contributed by atoms with van der Waals surface area (Å²) >= 11 is 3.27. The van der Waals surface area contributed by atoms with Crippen molar-refractivity contribution >= 4 is 38.9 Å². The normalized spacial score (nSPS) is 13.0. The van der Waals surface area contributed by atoms with Gasteiger partial charge in [-0.25, -0.2) is 8.78 Å². The van der Waals surface area contributed by atoms with Crippen LogP contribution in [0.15, 0.2) is 57.9 Å². The molecule has 0 bridgehead atoms. The molecule has 1 heterocycles. The number of benzene rings is 2. The first-order valence-corrected chi connectivity index (χ1v) is 10.7. The molecule has 2 aromatic carbocycles. The van der Waals surface area contributed by atoms with E-state index in [-0.39, 0.29) is 35.3 Å². The molecular formula is C23H19BrF2N4O2. The van der Waals surface area contributed by atoms with Gasteiger partial charge in [0.15, 0.2) is 0 Å². The average molecular weight is 501 g/mol. The summed E-state index contributed by atoms with van der Waals surface area (Å²) in [4.78, 5) is 27.1. The van der Waals surface area contributed by atoms with Gasteiger partial charge < -0.3 is 15.6 Å². The Morgan fingerprint density at radius 3 is 2.38 bits per heavy atom. The molecule has 0 unspecified atom stereocenters. The highest BCUT2D eigenvalue weighted by atomic mass is 79.9. The van der Waals surface area contributed by atoms with Gasteiger partial charge in [-0.3, -0.25) is 15.0 Å². The molecule has 1 fully saturated rings. The Hall–Kier alpha value is -3.33. The quantitative estimate of drug-likeness (QED) is 0.362. The van der Waals surface area contributed by atoms with Crippen molar-refractivity contribution in [3.05, 3.63) is 91.8 Å². The lowest BCUT2D eigenvalue weighted by Gasteiger charge is -2.15. The Morgan fingerprint density at radius 1 is 1.09 bits per heavy atom. The van der Waals surface area contributed by atoms with Gasteiger partial charge in [0.25, 0.3) is 5.56 Å². The van der Waals surface area contributed by atoms with Crippen LogP contribution >= 0.6 is 15.9 Å². The number of amides is 1. The van der Waals surface area contributed by atoms with Crippen molar-refractivity contribution in [3.8, 4) is 0 Å². The zero-order valence-corrected chi connectivity index (χ0v) is 18.4. The predicted molar refractivity (Wildman–Crippen MR) is 122 cm³/mol. The number of anilines is 2. The van der Waals surface area contributed by atoms with Crippen molar-refractivity contribution in [1.29, 1.82) is 5.41 Å². The van der Waals surface area contributed by atoms with Crippen LogP contribution in [0, 0.1) is 17.0 Å². The highest BCUT2D eigenvalue weighted by Crippen LogP contribution is 2.31. The van der Waals surface area contributed by atoms with Crippen LogP contribution in [0.2, 0.25) is 0 Å². The van der Waals surface area contributed by atoms with Crippen LogP contribution < -0.4 is 16.2 Å². The fourth-order valence-corrected chi connectivity index (χ4v) is 3.65. The van der Waals surface area contributed by atoms with Crippen molar-refractivity contribution in [2.45, 2.75) is 25.3 Å². The summed E-state index contributed by atoms with van der Waals surface area (Å²) < 4.78 is 28.7. The van der Waals surface area contributed by atoms with Gasteiger partial charge in [-0.15, -0.1) is 0 Å². The molecular weight excluding hydrogens is 482 g/mol. The summed E-state index contributed by atoms with van der Waals surface area (Å²) in [6.07, 6.45) is 3.58. The first-order valence-electron chi connectivity index (χ1n) is 9.93. The van der Waals surface area contributed by atoms with Gasteiger partial charge in [0.1, 0.15) is 17.3 Å². The number of halogens is 3. The number of carbonyl (C=O) groups is 1. The number of nitrogens with one attached hydrogen (secondary N) is 4. The number of hydrogen-bond donors (Lipinski definition) is 4. The molecule has 1 aliphatic rings. The summed E-state index contributed by atoms with van der Waals surface area (Å²) in [5.74, 6) is -1.72. The largest absolute Gasteiger partial charge is 0.353 e. The zero-order chi connectivity index (χ0) is 22.8. The maximum absolute atomic E-state index is 14.2. The third kappa shape index (κ3) is 4.77. The molecule has 0 aliphatic heterocycles. The molecule has 164 valence electrons. The van der Waals surface area contributed by atoms with Crippen LogP contribution in [-0.2, 0) is 11.2 Å². The van der Waals surface area contributed by atoms with Crippen LogP contribution in [0.5, 0.6) is 0 Å². The average Bonchev–Trinajstić information content (AvgIpc) is 3.57. The van der Waals surface area contributed by atoms with E-state index in [0.717, 1.165) is 30.5 Å². The van der Waals surface area contributed by atoms with Gasteiger partial charge in [-0.2, -0.15) is 0 Å². The molecule has 1 aromatic heterocycles. The summed E-state index contributed by atoms with van der Waals surface area (Å²) in [6.45, 7) is 0. The molecule has 0 saturated heterocycles. The van der Waals surface area contributed by atoms with E-state index in [1.54, 1.807) is 24.3 Å². The molecule has 0 radical (unpaired) electrons. The van der Waals surface area contributed by atoms with E-state index >= 15 is 0 Å². The first-order chi connectivity index (χ1) is 15.3. The standard InChI is InChI=1S/C23H19BrF2N4O2/c24-15-11-28-23(32)19(21(15)30-22-16(25)2-1-3-17(22)26)20(27)13-6-4-12(5-7-13)10-18(31)29-14-8-9-14/h1-7,11,14,27H,8-10H2,(H,29,31)(H2,28,30,32). The van der Waals surface area contributed by atoms with Gasteiger partial charge in [0.05, 0.1) is 27.9 Å². The number of pyridine rings is 1. The lowest BCUT2D eigenvalue weighted by atomic mass is 10.00. The fraction of sp³-hybridized carbons (Fsp3) is 0.174. The van der Waals surface area contributed by atoms with Crippen LogP contribution in [0.4, 0.5) is 20.2 Å². The number of aromatic nitrogens is 1. The van der Waals surface area contributed by atoms with E-state index in [2.05, 4.69) is 31.5 Å². The van der Waals surface area contributed by atoms with E-state index < -0.39 is 22.9 Å². The van der Waals surface area contributed by atoms with Crippen molar-refractivity contribution < 1.29 is 13.6 Å². The lowest BCUT2D eigenvalue weighted by Crippen LogP contribution is -2.27. The number of aromatic amines is 1. The van der Waals surface area contributed by atoms with E-state index in [0.29, 0.717) is 10.0 Å². The molecule has 1 saturated carbocycles. The van der Waals surface area contributed by atoms with Crippen LogP contribution in [-0.4, -0.2) is 22.6 Å². The van der Waals surface area contributed by atoms with Crippen molar-refractivity contribution in [2.75, 3.05) is 5.32 Å². The molecule has 32 heavy (non-hydrogen) atoms. The van der Waals surface area contributed by atoms with Gasteiger partial charge >= 0.3 is 0 Å². The first kappa shape index (κ1) is 21.9. The Balaban J connectivity index is 1.63. The highest BCUT2D eigenvalue weighted by Gasteiger charge is 2.23. The number of H-pyrrole nitrogens is 1. The van der Waals surface area contributed by atoms with E-state index in [1.165, 1.54) is 12.3 Å². The number of para-hydroxylation sites is 1. The fourth-order valence-electron chi connectivity index (χ4n) is 3.23. The number of rotatable bonds is 7. The number of carbonyl (C=O) groups excluding carboxylic acids is 1. The second-order valence-corrected chi connectivity index (χ2v) is 8.38. The topological polar surface area (TPSA) is 97.8 Å². The molecule has 1 aliphatic carbocycles. The van der Waals surface area contributed by atoms with E-state index in [4.69, 9.17) is 5.41 Å². The van der Waals surface area contributed by atoms with Crippen LogP contribution in [0.1, 0.15) is 29.5 Å². The van der Waals surface area contributed by atoms with Crippen LogP contribution in [0.25, 0.3) is 0 Å². The maximum atomic E-state index is 14.2. The maximum Gasteiger partial charge on any atom is 0.259 e. The summed E-state index contributed by atoms with van der Waals surface area (Å²) in [5, 5.41) is 14.1. The second kappa shape index (κ2) is 9.04. The molecule has 0 atom stereocenters. The minimum Gasteiger partial charge on any atom is -0.353 e. The Labute approximate surface area is 190 Å². The monoisotopic (exact) mass is 500 g/mol. The molecule has 9 heteroatoms. The third-order valence-electron chi connectivity index (χ3n) is 5.06. The summed E-state index contributed by atoms with van der Waals surface area (Å²) in [5.41, 5.74) is 0.0134. The van der Waals surface area contributed by atoms with E-state index in [1.807, 2.05) is 0 Å². The molecule has 0 spiro atoms. The van der Waals surface area contributed by atoms with Crippen molar-refractivity contribution in [1.82, 2.24) is 10.3 Å². The SMILES string of the molecule is N=C(c1ccc(CC(=O)NC2CC2)cc1)c1c(Nc2c(F)cccc2F)c(Br)c[nH]c1=O. The molecule has 3 aromatic rings. The van der Waals surface area contributed by atoms with Gasteiger partial charge in [-0.1, -0.05) is 30.3 Å². The van der Waals surface area contributed by atoms with E-state index in [9.17, 15) is 18.4 Å². The summed E-state index contributed by atoms with van der Waals surface area (Å²) in [6, 6.07) is 10.4. The zero-order valence-electron chi connectivity index (χ0n) is 16.8. The Kier molecular flexibility index (Phi) is 6.18. The predicted octanol–water partition coefficient (Wildman–Crippen LogP) is 4.40. The Morgan fingerprint density at radius 2 is 1.75 bits per heavy atom. The van der Waals surface area contributed by atoms with Crippen molar-refractivity contribution in [3.63, 3.8) is 0 Å². The van der Waals surface area contributed by atoms with Gasteiger partial charge in [0.2, 0.25) is 5.91 Å². The molecule has 1 amide bonds. The highest BCUT2D eigenvalue weighted by molar-refractivity contribution is 9.10. The molecule has 6 nitrogen and oxygen atoms in total. The minimum atomic E-state index is -0.830. The minimum absolute atomic E-state index is 0.0582. The van der Waals surface area contributed by atoms with Gasteiger partial charge in [0, 0.05) is 17.8 Å². The number of hydrogen-bond acceptors (Lipinski definition) is 4. The van der Waals surface area contributed by atoms with Crippen molar-refractivity contribution in [2.24, 2.45) is 0 Å². The lowest BCUT2D eigenvalue weighted by molar-refractivity contribution is -0.120. The second-order valence-electron chi connectivity index (χ2n) is 7.53. The smallest absolute Gasteiger partial charge is 0.259 e. The van der Waals surface area contributed by atoms with Crippen LogP contribution in [0.3, 0.4) is 0 Å². The molecule has 4 N–H and O–H groups in total.